The van der Waals surface area contributed by atoms with Crippen LogP contribution in [0.3, 0.4) is 0 Å². The minimum Gasteiger partial charge on any atom is -0.467 e. The highest BCUT2D eigenvalue weighted by atomic mass is 16.5. The second kappa shape index (κ2) is 6.66. The number of carbonyl (C=O) groups excluding carboxylic acids is 1. The molecule has 0 aliphatic carbocycles. The normalized spacial score (nSPS) is 18.2. The van der Waals surface area contributed by atoms with Crippen molar-refractivity contribution in [3.8, 4) is 0 Å². The number of nitrogens with one attached hydrogen (secondary N) is 1. The first-order chi connectivity index (χ1) is 10.7. The van der Waals surface area contributed by atoms with Crippen LogP contribution >= 0.6 is 0 Å². The topological polar surface area (TPSA) is 54.7 Å². The van der Waals surface area contributed by atoms with E-state index in [9.17, 15) is 4.79 Å². The van der Waals surface area contributed by atoms with E-state index in [0.29, 0.717) is 26.2 Å². The molecular formula is C17H20N2O3. The summed E-state index contributed by atoms with van der Waals surface area (Å²) in [6, 6.07) is 11.7. The van der Waals surface area contributed by atoms with Gasteiger partial charge < -0.3 is 19.4 Å². The molecule has 0 unspecified atom stereocenters. The van der Waals surface area contributed by atoms with Crippen LogP contribution < -0.4 is 5.32 Å². The molecule has 1 fully saturated rings. The third-order valence-electron chi connectivity index (χ3n) is 3.88. The van der Waals surface area contributed by atoms with Crippen molar-refractivity contribution in [1.82, 2.24) is 10.2 Å². The van der Waals surface area contributed by atoms with Crippen LogP contribution in [-0.4, -0.2) is 30.6 Å². The molecule has 3 rings (SSSR count). The first kappa shape index (κ1) is 14.7. The Balaban J connectivity index is 1.60. The fraction of sp³-hybridized carbons (Fsp3) is 0.353. The van der Waals surface area contributed by atoms with Gasteiger partial charge in [-0.15, -0.1) is 0 Å². The molecular weight excluding hydrogens is 280 g/mol. The van der Waals surface area contributed by atoms with Crippen LogP contribution in [0.4, 0.5) is 4.79 Å². The largest absolute Gasteiger partial charge is 0.467 e. The highest BCUT2D eigenvalue weighted by Gasteiger charge is 2.26. The van der Waals surface area contributed by atoms with Gasteiger partial charge >= 0.3 is 6.03 Å². The van der Waals surface area contributed by atoms with Crippen molar-refractivity contribution in [3.63, 3.8) is 0 Å². The fourth-order valence-electron chi connectivity index (χ4n) is 2.66. The van der Waals surface area contributed by atoms with Crippen LogP contribution in [0.15, 0.2) is 47.1 Å². The van der Waals surface area contributed by atoms with E-state index in [1.807, 2.05) is 24.3 Å². The molecule has 0 saturated carbocycles. The van der Waals surface area contributed by atoms with Crippen LogP contribution in [0.2, 0.25) is 0 Å². The molecule has 2 heterocycles. The van der Waals surface area contributed by atoms with E-state index < -0.39 is 0 Å². The van der Waals surface area contributed by atoms with Crippen molar-refractivity contribution in [2.75, 3.05) is 19.7 Å². The monoisotopic (exact) mass is 300 g/mol. The van der Waals surface area contributed by atoms with Crippen LogP contribution in [0.25, 0.3) is 0 Å². The van der Waals surface area contributed by atoms with Crippen LogP contribution in [0.1, 0.15) is 23.0 Å². The molecule has 0 spiro atoms. The highest BCUT2D eigenvalue weighted by molar-refractivity contribution is 5.74. The molecule has 1 aromatic heterocycles. The molecule has 2 aromatic rings. The number of amides is 2. The number of benzene rings is 1. The van der Waals surface area contributed by atoms with Crippen LogP contribution in [0.5, 0.6) is 0 Å². The number of aryl methyl sites for hydroxylation is 1. The van der Waals surface area contributed by atoms with Crippen molar-refractivity contribution < 1.29 is 13.9 Å². The molecule has 1 N–H and O–H groups in total. The summed E-state index contributed by atoms with van der Waals surface area (Å²) in [5.74, 6) is 0.747. The third kappa shape index (κ3) is 3.31. The molecule has 1 aliphatic rings. The number of furan rings is 1. The number of rotatable bonds is 3. The van der Waals surface area contributed by atoms with Gasteiger partial charge in [0, 0.05) is 6.54 Å². The zero-order valence-electron chi connectivity index (χ0n) is 12.6. The number of hydrogen-bond donors (Lipinski definition) is 1. The second-order valence-corrected chi connectivity index (χ2v) is 5.40. The van der Waals surface area contributed by atoms with E-state index in [4.69, 9.17) is 9.15 Å². The molecule has 116 valence electrons. The van der Waals surface area contributed by atoms with Crippen molar-refractivity contribution >= 4 is 6.03 Å². The standard InChI is InChI=1S/C17H20N2O3/c1-13-5-2-3-7-15(13)16-12-19(8-10-22-16)17(20)18-11-14-6-4-9-21-14/h2-7,9,16H,8,10-12H2,1H3,(H,18,20)/t16-/m0/s1. The van der Waals surface area contributed by atoms with Gasteiger partial charge in [0.05, 0.1) is 26.0 Å². The lowest BCUT2D eigenvalue weighted by Crippen LogP contribution is -2.47. The Morgan fingerprint density at radius 3 is 2.95 bits per heavy atom. The molecule has 1 saturated heterocycles. The molecule has 1 aliphatic heterocycles. The van der Waals surface area contributed by atoms with Gasteiger partial charge in [0.25, 0.3) is 0 Å². The number of hydrogen-bond acceptors (Lipinski definition) is 3. The molecule has 1 aromatic carbocycles. The average Bonchev–Trinajstić information content (AvgIpc) is 3.06. The van der Waals surface area contributed by atoms with Crippen molar-refractivity contribution in [2.24, 2.45) is 0 Å². The maximum absolute atomic E-state index is 12.3. The zero-order chi connectivity index (χ0) is 15.4. The lowest BCUT2D eigenvalue weighted by molar-refractivity contribution is -0.0158. The van der Waals surface area contributed by atoms with Crippen molar-refractivity contribution in [1.29, 1.82) is 0 Å². The second-order valence-electron chi connectivity index (χ2n) is 5.40. The number of carbonyl (C=O) groups is 1. The SMILES string of the molecule is Cc1ccccc1[C@@H]1CN(C(=O)NCc2ccco2)CCO1. The number of ether oxygens (including phenoxy) is 1. The van der Waals surface area contributed by atoms with Gasteiger partial charge in [0.2, 0.25) is 0 Å². The third-order valence-corrected chi connectivity index (χ3v) is 3.88. The molecule has 2 amide bonds. The Morgan fingerprint density at radius 2 is 2.18 bits per heavy atom. The first-order valence-electron chi connectivity index (χ1n) is 7.46. The Labute approximate surface area is 129 Å². The van der Waals surface area contributed by atoms with Gasteiger partial charge in [-0.2, -0.15) is 0 Å². The summed E-state index contributed by atoms with van der Waals surface area (Å²) >= 11 is 0. The van der Waals surface area contributed by atoms with Crippen molar-refractivity contribution in [3.05, 3.63) is 59.5 Å². The van der Waals surface area contributed by atoms with Crippen LogP contribution in [-0.2, 0) is 11.3 Å². The Bertz CT molecular complexity index is 625. The van der Waals surface area contributed by atoms with Gasteiger partial charge in [0.15, 0.2) is 0 Å². The lowest BCUT2D eigenvalue weighted by atomic mass is 10.0. The lowest BCUT2D eigenvalue weighted by Gasteiger charge is -2.33. The van der Waals surface area contributed by atoms with E-state index in [-0.39, 0.29) is 12.1 Å². The quantitative estimate of drug-likeness (QED) is 0.948. The maximum Gasteiger partial charge on any atom is 0.317 e. The predicted octanol–water partition coefficient (Wildman–Crippen LogP) is 2.87. The predicted molar refractivity (Wildman–Crippen MR) is 82.4 cm³/mol. The summed E-state index contributed by atoms with van der Waals surface area (Å²) in [5, 5.41) is 2.88. The van der Waals surface area contributed by atoms with E-state index in [1.54, 1.807) is 11.2 Å². The highest BCUT2D eigenvalue weighted by Crippen LogP contribution is 2.24. The number of urea groups is 1. The smallest absolute Gasteiger partial charge is 0.317 e. The van der Waals surface area contributed by atoms with E-state index >= 15 is 0 Å². The molecule has 5 heteroatoms. The molecule has 5 nitrogen and oxygen atoms in total. The summed E-state index contributed by atoms with van der Waals surface area (Å²) in [6.07, 6.45) is 1.54. The van der Waals surface area contributed by atoms with Crippen LogP contribution in [0, 0.1) is 6.92 Å². The first-order valence-corrected chi connectivity index (χ1v) is 7.46. The summed E-state index contributed by atoms with van der Waals surface area (Å²) in [7, 11) is 0. The van der Waals surface area contributed by atoms with Gasteiger partial charge in [-0.05, 0) is 30.2 Å². The Hall–Kier alpha value is -2.27. The van der Waals surface area contributed by atoms with Gasteiger partial charge in [-0.1, -0.05) is 24.3 Å². The van der Waals surface area contributed by atoms with Gasteiger partial charge in [-0.3, -0.25) is 0 Å². The summed E-state index contributed by atoms with van der Waals surface area (Å²) < 4.78 is 11.1. The minimum atomic E-state index is -0.0849. The number of nitrogens with zero attached hydrogens (tertiary/aromatic N) is 1. The zero-order valence-corrected chi connectivity index (χ0v) is 12.6. The summed E-state index contributed by atoms with van der Waals surface area (Å²) in [6.45, 7) is 4.18. The summed E-state index contributed by atoms with van der Waals surface area (Å²) in [5.41, 5.74) is 2.33. The fourth-order valence-corrected chi connectivity index (χ4v) is 2.66. The number of morpholine rings is 1. The maximum atomic E-state index is 12.3. The molecule has 0 radical (unpaired) electrons. The average molecular weight is 300 g/mol. The Morgan fingerprint density at radius 1 is 1.32 bits per heavy atom. The Kier molecular flexibility index (Phi) is 4.44. The van der Waals surface area contributed by atoms with E-state index in [2.05, 4.69) is 24.4 Å². The molecule has 22 heavy (non-hydrogen) atoms. The molecule has 1 atom stereocenters. The summed E-state index contributed by atoms with van der Waals surface area (Å²) in [4.78, 5) is 14.1. The minimum absolute atomic E-state index is 0.0655. The van der Waals surface area contributed by atoms with E-state index in [1.165, 1.54) is 5.56 Å². The molecule has 0 bridgehead atoms. The van der Waals surface area contributed by atoms with Gasteiger partial charge in [0.1, 0.15) is 11.9 Å². The van der Waals surface area contributed by atoms with E-state index in [0.717, 1.165) is 11.3 Å². The van der Waals surface area contributed by atoms with Gasteiger partial charge in [-0.25, -0.2) is 4.79 Å². The van der Waals surface area contributed by atoms with Crippen molar-refractivity contribution in [2.45, 2.75) is 19.6 Å².